The third-order valence-corrected chi connectivity index (χ3v) is 2.75. The Kier molecular flexibility index (Phi) is 3.39. The Morgan fingerprint density at radius 2 is 2.38 bits per heavy atom. The van der Waals surface area contributed by atoms with E-state index >= 15 is 0 Å². The van der Waals surface area contributed by atoms with E-state index in [4.69, 9.17) is 5.73 Å². The van der Waals surface area contributed by atoms with Gasteiger partial charge in [-0.2, -0.15) is 0 Å². The zero-order valence-corrected chi connectivity index (χ0v) is 8.57. The second kappa shape index (κ2) is 4.34. The molecule has 0 atom stereocenters. The molecule has 4 nitrogen and oxygen atoms in total. The lowest BCUT2D eigenvalue weighted by Gasteiger charge is -1.96. The zero-order chi connectivity index (χ0) is 9.84. The van der Waals surface area contributed by atoms with E-state index in [0.29, 0.717) is 13.1 Å². The van der Waals surface area contributed by atoms with Crippen molar-refractivity contribution in [1.82, 2.24) is 4.98 Å². The van der Waals surface area contributed by atoms with Crippen LogP contribution < -0.4 is 11.1 Å². The lowest BCUT2D eigenvalue weighted by molar-refractivity contribution is 0.102. The van der Waals surface area contributed by atoms with Crippen LogP contribution in [0.4, 0.5) is 5.13 Å². The molecule has 0 radical (unpaired) electrons. The quantitative estimate of drug-likeness (QED) is 0.710. The maximum Gasteiger partial charge on any atom is 0.183 e. The topological polar surface area (TPSA) is 68.0 Å². The number of carbonyl (C=O) groups excluding carboxylic acids is 1. The van der Waals surface area contributed by atoms with E-state index in [9.17, 15) is 4.79 Å². The number of Topliss-reactive ketones (excluding diaryl/α,β-unsaturated/α-hetero) is 1. The summed E-state index contributed by atoms with van der Waals surface area (Å²) in [5.74, 6) is 0.0656. The predicted molar refractivity (Wildman–Crippen MR) is 54.4 cm³/mol. The maximum absolute atomic E-state index is 11.1. The molecular weight excluding hydrogens is 186 g/mol. The summed E-state index contributed by atoms with van der Waals surface area (Å²) >= 11 is 1.38. The Morgan fingerprint density at radius 1 is 1.69 bits per heavy atom. The Morgan fingerprint density at radius 3 is 2.85 bits per heavy atom. The van der Waals surface area contributed by atoms with Crippen molar-refractivity contribution in [3.63, 3.8) is 0 Å². The van der Waals surface area contributed by atoms with Crippen molar-refractivity contribution in [2.45, 2.75) is 13.8 Å². The van der Waals surface area contributed by atoms with Crippen molar-refractivity contribution < 1.29 is 4.79 Å². The number of aryl methyl sites for hydroxylation is 1. The number of ketones is 1. The zero-order valence-electron chi connectivity index (χ0n) is 7.76. The number of thiazole rings is 1. The molecule has 1 rings (SSSR count). The average molecular weight is 199 g/mol. The minimum Gasteiger partial charge on any atom is -0.360 e. The summed E-state index contributed by atoms with van der Waals surface area (Å²) in [6, 6.07) is 0. The summed E-state index contributed by atoms with van der Waals surface area (Å²) in [5, 5.41) is 3.81. The van der Waals surface area contributed by atoms with Crippen molar-refractivity contribution in [3.05, 3.63) is 10.6 Å². The van der Waals surface area contributed by atoms with Gasteiger partial charge < -0.3 is 11.1 Å². The number of hydrogen-bond acceptors (Lipinski definition) is 5. The van der Waals surface area contributed by atoms with E-state index in [0.717, 1.165) is 15.7 Å². The molecule has 1 aromatic rings. The molecule has 0 saturated heterocycles. The first kappa shape index (κ1) is 10.1. The molecule has 0 aromatic carbocycles. The van der Waals surface area contributed by atoms with Gasteiger partial charge in [0.2, 0.25) is 0 Å². The van der Waals surface area contributed by atoms with Crippen molar-refractivity contribution >= 4 is 22.3 Å². The van der Waals surface area contributed by atoms with Crippen LogP contribution in [0, 0.1) is 6.92 Å². The van der Waals surface area contributed by atoms with Crippen LogP contribution in [0.5, 0.6) is 0 Å². The van der Waals surface area contributed by atoms with Gasteiger partial charge in [0.15, 0.2) is 10.9 Å². The van der Waals surface area contributed by atoms with E-state index < -0.39 is 0 Å². The number of nitrogens with one attached hydrogen (secondary N) is 1. The van der Waals surface area contributed by atoms with Crippen molar-refractivity contribution in [3.8, 4) is 0 Å². The number of hydrogen-bond donors (Lipinski definition) is 2. The van der Waals surface area contributed by atoms with Crippen LogP contribution in [-0.2, 0) is 0 Å². The van der Waals surface area contributed by atoms with Crippen molar-refractivity contribution in [2.24, 2.45) is 5.73 Å². The molecule has 3 N–H and O–H groups in total. The molecule has 0 saturated carbocycles. The van der Waals surface area contributed by atoms with E-state index in [1.165, 1.54) is 11.3 Å². The van der Waals surface area contributed by atoms with Gasteiger partial charge >= 0.3 is 0 Å². The van der Waals surface area contributed by atoms with Gasteiger partial charge in [0.05, 0.1) is 10.6 Å². The van der Waals surface area contributed by atoms with E-state index in [2.05, 4.69) is 10.3 Å². The summed E-state index contributed by atoms with van der Waals surface area (Å²) < 4.78 is 0. The van der Waals surface area contributed by atoms with Crippen LogP contribution in [0.15, 0.2) is 0 Å². The van der Waals surface area contributed by atoms with Gasteiger partial charge in [-0.05, 0) is 6.92 Å². The van der Waals surface area contributed by atoms with Gasteiger partial charge in [-0.1, -0.05) is 11.3 Å². The number of rotatable bonds is 4. The lowest BCUT2D eigenvalue weighted by atomic mass is 10.3. The molecule has 1 aromatic heterocycles. The Hall–Kier alpha value is -0.940. The second-order valence-electron chi connectivity index (χ2n) is 2.71. The van der Waals surface area contributed by atoms with Crippen LogP contribution >= 0.6 is 11.3 Å². The Bertz CT molecular complexity index is 308. The van der Waals surface area contributed by atoms with Crippen LogP contribution in [-0.4, -0.2) is 23.9 Å². The Labute approximate surface area is 81.2 Å². The molecule has 0 unspecified atom stereocenters. The van der Waals surface area contributed by atoms with E-state index in [1.54, 1.807) is 6.92 Å². The fourth-order valence-electron chi connectivity index (χ4n) is 0.978. The predicted octanol–water partition coefficient (Wildman–Crippen LogP) is 1.02. The van der Waals surface area contributed by atoms with Crippen molar-refractivity contribution in [1.29, 1.82) is 0 Å². The molecule has 0 fully saturated rings. The molecule has 13 heavy (non-hydrogen) atoms. The lowest BCUT2D eigenvalue weighted by Crippen LogP contribution is -2.12. The van der Waals surface area contributed by atoms with E-state index in [1.807, 2.05) is 6.92 Å². The minimum atomic E-state index is 0.0656. The smallest absolute Gasteiger partial charge is 0.183 e. The normalized spacial score (nSPS) is 10.1. The first-order valence-corrected chi connectivity index (χ1v) is 4.89. The van der Waals surface area contributed by atoms with Crippen LogP contribution in [0.3, 0.4) is 0 Å². The summed E-state index contributed by atoms with van der Waals surface area (Å²) in [6.45, 7) is 4.63. The molecule has 0 aliphatic carbocycles. The highest BCUT2D eigenvalue weighted by Gasteiger charge is 2.10. The first-order valence-electron chi connectivity index (χ1n) is 4.07. The van der Waals surface area contributed by atoms with Gasteiger partial charge in [0.25, 0.3) is 0 Å². The second-order valence-corrected chi connectivity index (χ2v) is 3.70. The molecule has 0 aliphatic heterocycles. The average Bonchev–Trinajstić information content (AvgIpc) is 2.43. The summed E-state index contributed by atoms with van der Waals surface area (Å²) in [5.41, 5.74) is 6.12. The van der Waals surface area contributed by atoms with Crippen molar-refractivity contribution in [2.75, 3.05) is 18.4 Å². The van der Waals surface area contributed by atoms with Gasteiger partial charge in [0.1, 0.15) is 0 Å². The number of aromatic nitrogens is 1. The van der Waals surface area contributed by atoms with Crippen LogP contribution in [0.2, 0.25) is 0 Å². The molecule has 1 heterocycles. The molecule has 72 valence electrons. The van der Waals surface area contributed by atoms with Gasteiger partial charge in [-0.15, -0.1) is 0 Å². The van der Waals surface area contributed by atoms with Gasteiger partial charge in [0, 0.05) is 20.0 Å². The largest absolute Gasteiger partial charge is 0.360 e. The van der Waals surface area contributed by atoms with Gasteiger partial charge in [-0.3, -0.25) is 4.79 Å². The first-order chi connectivity index (χ1) is 6.15. The summed E-state index contributed by atoms with van der Waals surface area (Å²) in [4.78, 5) is 16.0. The highest BCUT2D eigenvalue weighted by molar-refractivity contribution is 7.17. The molecule has 0 spiro atoms. The monoisotopic (exact) mass is 199 g/mol. The minimum absolute atomic E-state index is 0.0656. The molecule has 5 heteroatoms. The maximum atomic E-state index is 11.1. The Balaban J connectivity index is 2.76. The van der Waals surface area contributed by atoms with Crippen LogP contribution in [0.1, 0.15) is 22.3 Å². The molecule has 0 aliphatic rings. The fraction of sp³-hybridized carbons (Fsp3) is 0.500. The summed E-state index contributed by atoms with van der Waals surface area (Å²) in [6.07, 6.45) is 0. The standard InChI is InChI=1S/C8H13N3OS/c1-5-7(6(2)12)13-8(11-5)10-4-3-9/h3-4,9H2,1-2H3,(H,10,11). The molecular formula is C8H13N3OS. The number of nitrogens with zero attached hydrogens (tertiary/aromatic N) is 1. The fourth-order valence-corrected chi connectivity index (χ4v) is 1.87. The third-order valence-electron chi connectivity index (χ3n) is 1.54. The molecule has 0 amide bonds. The SMILES string of the molecule is CC(=O)c1sc(NCCN)nc1C. The van der Waals surface area contributed by atoms with Crippen LogP contribution in [0.25, 0.3) is 0 Å². The van der Waals surface area contributed by atoms with E-state index in [-0.39, 0.29) is 5.78 Å². The highest BCUT2D eigenvalue weighted by atomic mass is 32.1. The van der Waals surface area contributed by atoms with Gasteiger partial charge in [-0.25, -0.2) is 4.98 Å². The number of anilines is 1. The number of nitrogens with two attached hydrogens (primary N) is 1. The summed E-state index contributed by atoms with van der Waals surface area (Å²) in [7, 11) is 0. The highest BCUT2D eigenvalue weighted by Crippen LogP contribution is 2.22. The molecule has 0 bridgehead atoms. The number of carbonyl (C=O) groups is 1. The third kappa shape index (κ3) is 2.50.